The summed E-state index contributed by atoms with van der Waals surface area (Å²) in [6.07, 6.45) is 3.27. The molecule has 0 saturated carbocycles. The Labute approximate surface area is 129 Å². The molecule has 0 spiro atoms. The molecular formula is C16H21BrN2O. The predicted octanol–water partition coefficient (Wildman–Crippen LogP) is 4.59. The van der Waals surface area contributed by atoms with Gasteiger partial charge in [-0.1, -0.05) is 22.9 Å². The van der Waals surface area contributed by atoms with Crippen LogP contribution in [-0.4, -0.2) is 11.7 Å². The average molecular weight is 337 g/mol. The maximum absolute atomic E-state index is 5.46. The Kier molecular flexibility index (Phi) is 5.12. The third-order valence-electron chi connectivity index (χ3n) is 3.32. The highest BCUT2D eigenvalue weighted by atomic mass is 79.9. The van der Waals surface area contributed by atoms with E-state index in [1.54, 1.807) is 7.11 Å². The normalized spacial score (nSPS) is 10.6. The fourth-order valence-corrected chi connectivity index (χ4v) is 2.90. The Morgan fingerprint density at radius 2 is 2.15 bits per heavy atom. The lowest BCUT2D eigenvalue weighted by molar-refractivity contribution is 0.416. The summed E-state index contributed by atoms with van der Waals surface area (Å²) in [5.41, 5.74) is 3.51. The number of anilines is 1. The van der Waals surface area contributed by atoms with E-state index in [0.717, 1.165) is 35.4 Å². The van der Waals surface area contributed by atoms with Crippen molar-refractivity contribution in [3.63, 3.8) is 0 Å². The predicted molar refractivity (Wildman–Crippen MR) is 87.5 cm³/mol. The second-order valence-electron chi connectivity index (χ2n) is 4.85. The summed E-state index contributed by atoms with van der Waals surface area (Å²) in [5, 5.41) is 3.49. The minimum absolute atomic E-state index is 0.797. The van der Waals surface area contributed by atoms with Gasteiger partial charge >= 0.3 is 0 Å². The number of methoxy groups -OCH3 is 1. The summed E-state index contributed by atoms with van der Waals surface area (Å²) >= 11 is 3.50. The molecule has 0 unspecified atom stereocenters. The molecule has 2 aromatic rings. The molecule has 0 aliphatic heterocycles. The first kappa shape index (κ1) is 15.0. The van der Waals surface area contributed by atoms with Crippen LogP contribution in [0.3, 0.4) is 0 Å². The Bertz CT molecular complexity index is 578. The molecule has 0 aliphatic rings. The standard InChI is InChI=1S/C16H21BrN2O/c1-4-7-19-8-5-6-14(19)11-18-16-12(2)9-13(17)10-15(16)20-3/h5-6,8-10,18H,4,7,11H2,1-3H3. The van der Waals surface area contributed by atoms with E-state index in [9.17, 15) is 0 Å². The van der Waals surface area contributed by atoms with Crippen molar-refractivity contribution in [2.75, 3.05) is 12.4 Å². The fraction of sp³-hybridized carbons (Fsp3) is 0.375. The Morgan fingerprint density at radius 1 is 1.35 bits per heavy atom. The van der Waals surface area contributed by atoms with E-state index < -0.39 is 0 Å². The van der Waals surface area contributed by atoms with E-state index in [2.05, 4.69) is 64.1 Å². The third-order valence-corrected chi connectivity index (χ3v) is 3.78. The largest absolute Gasteiger partial charge is 0.495 e. The molecule has 0 atom stereocenters. The number of halogens is 1. The number of nitrogens with zero attached hydrogens (tertiary/aromatic N) is 1. The van der Waals surface area contributed by atoms with Crippen LogP contribution in [0.5, 0.6) is 5.75 Å². The van der Waals surface area contributed by atoms with E-state index in [-0.39, 0.29) is 0 Å². The molecular weight excluding hydrogens is 316 g/mol. The smallest absolute Gasteiger partial charge is 0.143 e. The Morgan fingerprint density at radius 3 is 2.85 bits per heavy atom. The van der Waals surface area contributed by atoms with Gasteiger partial charge < -0.3 is 14.6 Å². The Balaban J connectivity index is 2.16. The van der Waals surface area contributed by atoms with Gasteiger partial charge in [-0.3, -0.25) is 0 Å². The number of ether oxygens (including phenoxy) is 1. The highest BCUT2D eigenvalue weighted by molar-refractivity contribution is 9.10. The van der Waals surface area contributed by atoms with E-state index >= 15 is 0 Å². The van der Waals surface area contributed by atoms with E-state index in [0.29, 0.717) is 0 Å². The zero-order chi connectivity index (χ0) is 14.5. The van der Waals surface area contributed by atoms with Gasteiger partial charge in [-0.15, -0.1) is 0 Å². The van der Waals surface area contributed by atoms with Crippen molar-refractivity contribution in [2.45, 2.75) is 33.4 Å². The summed E-state index contributed by atoms with van der Waals surface area (Å²) in [6.45, 7) is 6.13. The second kappa shape index (κ2) is 6.84. The number of benzene rings is 1. The molecule has 0 amide bonds. The van der Waals surface area contributed by atoms with Crippen molar-refractivity contribution in [3.05, 3.63) is 46.2 Å². The SMILES string of the molecule is CCCn1cccc1CNc1c(C)cc(Br)cc1OC. The fourth-order valence-electron chi connectivity index (χ4n) is 2.35. The zero-order valence-electron chi connectivity index (χ0n) is 12.2. The summed E-state index contributed by atoms with van der Waals surface area (Å²) in [7, 11) is 1.70. The molecule has 3 nitrogen and oxygen atoms in total. The highest BCUT2D eigenvalue weighted by Crippen LogP contribution is 2.32. The average Bonchev–Trinajstić information content (AvgIpc) is 2.85. The monoisotopic (exact) mass is 336 g/mol. The van der Waals surface area contributed by atoms with Gasteiger partial charge in [-0.05, 0) is 43.2 Å². The van der Waals surface area contributed by atoms with E-state index in [1.165, 1.54) is 11.3 Å². The molecule has 0 fully saturated rings. The lowest BCUT2D eigenvalue weighted by Gasteiger charge is -2.15. The number of aryl methyl sites for hydroxylation is 2. The quantitative estimate of drug-likeness (QED) is 0.834. The summed E-state index contributed by atoms with van der Waals surface area (Å²) in [6, 6.07) is 8.33. The molecule has 0 saturated heterocycles. The van der Waals surface area contributed by atoms with Gasteiger partial charge in [0.2, 0.25) is 0 Å². The van der Waals surface area contributed by atoms with Crippen LogP contribution >= 0.6 is 15.9 Å². The van der Waals surface area contributed by atoms with Crippen molar-refractivity contribution >= 4 is 21.6 Å². The van der Waals surface area contributed by atoms with Crippen LogP contribution in [0.4, 0.5) is 5.69 Å². The van der Waals surface area contributed by atoms with Crippen LogP contribution in [0.25, 0.3) is 0 Å². The molecule has 0 bridgehead atoms. The number of nitrogens with one attached hydrogen (secondary N) is 1. The number of hydrogen-bond donors (Lipinski definition) is 1. The molecule has 20 heavy (non-hydrogen) atoms. The van der Waals surface area contributed by atoms with Crippen LogP contribution < -0.4 is 10.1 Å². The number of rotatable bonds is 6. The van der Waals surface area contributed by atoms with Crippen LogP contribution in [-0.2, 0) is 13.1 Å². The second-order valence-corrected chi connectivity index (χ2v) is 5.76. The van der Waals surface area contributed by atoms with E-state index in [4.69, 9.17) is 4.74 Å². The number of hydrogen-bond acceptors (Lipinski definition) is 2. The first-order chi connectivity index (χ1) is 9.65. The zero-order valence-corrected chi connectivity index (χ0v) is 13.8. The van der Waals surface area contributed by atoms with Crippen molar-refractivity contribution in [2.24, 2.45) is 0 Å². The Hall–Kier alpha value is -1.42. The molecule has 1 heterocycles. The minimum atomic E-state index is 0.797. The minimum Gasteiger partial charge on any atom is -0.495 e. The summed E-state index contributed by atoms with van der Waals surface area (Å²) in [5.74, 6) is 0.866. The van der Waals surface area contributed by atoms with Crippen molar-refractivity contribution < 1.29 is 4.74 Å². The summed E-state index contributed by atoms with van der Waals surface area (Å²) in [4.78, 5) is 0. The van der Waals surface area contributed by atoms with Crippen LogP contribution in [0.15, 0.2) is 34.9 Å². The van der Waals surface area contributed by atoms with Gasteiger partial charge in [0.1, 0.15) is 5.75 Å². The lowest BCUT2D eigenvalue weighted by atomic mass is 10.2. The molecule has 108 valence electrons. The summed E-state index contributed by atoms with van der Waals surface area (Å²) < 4.78 is 8.77. The molecule has 0 radical (unpaired) electrons. The first-order valence-electron chi connectivity index (χ1n) is 6.87. The maximum atomic E-state index is 5.46. The molecule has 4 heteroatoms. The van der Waals surface area contributed by atoms with Gasteiger partial charge in [0, 0.05) is 22.9 Å². The number of aromatic nitrogens is 1. The van der Waals surface area contributed by atoms with Gasteiger partial charge in [0.25, 0.3) is 0 Å². The molecule has 2 rings (SSSR count). The van der Waals surface area contributed by atoms with Crippen LogP contribution in [0.1, 0.15) is 24.6 Å². The lowest BCUT2D eigenvalue weighted by Crippen LogP contribution is -2.08. The van der Waals surface area contributed by atoms with Gasteiger partial charge in [0.05, 0.1) is 19.3 Å². The van der Waals surface area contributed by atoms with Gasteiger partial charge in [-0.2, -0.15) is 0 Å². The maximum Gasteiger partial charge on any atom is 0.143 e. The molecule has 0 aliphatic carbocycles. The van der Waals surface area contributed by atoms with Crippen molar-refractivity contribution in [3.8, 4) is 5.75 Å². The van der Waals surface area contributed by atoms with Crippen LogP contribution in [0, 0.1) is 6.92 Å². The van der Waals surface area contributed by atoms with Crippen molar-refractivity contribution in [1.29, 1.82) is 0 Å². The molecule has 1 aromatic heterocycles. The third kappa shape index (κ3) is 3.37. The van der Waals surface area contributed by atoms with Crippen molar-refractivity contribution in [1.82, 2.24) is 4.57 Å². The van der Waals surface area contributed by atoms with Crippen LogP contribution in [0.2, 0.25) is 0 Å². The van der Waals surface area contributed by atoms with E-state index in [1.807, 2.05) is 6.07 Å². The molecule has 1 N–H and O–H groups in total. The van der Waals surface area contributed by atoms with Gasteiger partial charge in [-0.25, -0.2) is 0 Å². The van der Waals surface area contributed by atoms with Gasteiger partial charge in [0.15, 0.2) is 0 Å². The highest BCUT2D eigenvalue weighted by Gasteiger charge is 2.09. The molecule has 1 aromatic carbocycles. The first-order valence-corrected chi connectivity index (χ1v) is 7.67. The topological polar surface area (TPSA) is 26.2 Å².